The molecule has 0 bridgehead atoms. The molecule has 1 nitrogen and oxygen atoms in total. The summed E-state index contributed by atoms with van der Waals surface area (Å²) in [6, 6.07) is 0. The zero-order valence-electron chi connectivity index (χ0n) is 22.8. The Hall–Kier alpha value is -0.0400. The van der Waals surface area contributed by atoms with Crippen LogP contribution in [0.5, 0.6) is 0 Å². The second kappa shape index (κ2) is 29.0. The van der Waals surface area contributed by atoms with Crippen molar-refractivity contribution in [1.82, 2.24) is 0 Å². The van der Waals surface area contributed by atoms with E-state index in [1.54, 1.807) is 0 Å². The lowest BCUT2D eigenvalue weighted by Crippen LogP contribution is -2.05. The van der Waals surface area contributed by atoms with Gasteiger partial charge in [0.2, 0.25) is 0 Å². The van der Waals surface area contributed by atoms with E-state index in [4.69, 9.17) is 0 Å². The van der Waals surface area contributed by atoms with E-state index in [0.29, 0.717) is 0 Å². The summed E-state index contributed by atoms with van der Waals surface area (Å²) in [5, 5.41) is 10.2. The molecule has 0 amide bonds. The van der Waals surface area contributed by atoms with Gasteiger partial charge in [0, 0.05) is 0 Å². The summed E-state index contributed by atoms with van der Waals surface area (Å²) < 4.78 is 0. The molecule has 0 aliphatic heterocycles. The van der Waals surface area contributed by atoms with Gasteiger partial charge in [-0.2, -0.15) is 0 Å². The molecule has 0 fully saturated rings. The Labute approximate surface area is 204 Å². The van der Waals surface area contributed by atoms with Gasteiger partial charge in [0.25, 0.3) is 0 Å². The summed E-state index contributed by atoms with van der Waals surface area (Å²) in [4.78, 5) is 0. The highest BCUT2D eigenvalue weighted by Crippen LogP contribution is 2.16. The molecule has 1 N–H and O–H groups in total. The second-order valence-electron chi connectivity index (χ2n) is 10.7. The van der Waals surface area contributed by atoms with E-state index in [0.717, 1.165) is 12.8 Å². The van der Waals surface area contributed by atoms with Gasteiger partial charge < -0.3 is 5.11 Å². The van der Waals surface area contributed by atoms with Crippen molar-refractivity contribution in [2.75, 3.05) is 0 Å². The number of unbranched alkanes of at least 4 members (excludes halogenated alkanes) is 24. The quantitative estimate of drug-likeness (QED) is 0.117. The molecule has 0 aromatic heterocycles. The average Bonchev–Trinajstić information content (AvgIpc) is 2.80. The van der Waals surface area contributed by atoms with Crippen LogP contribution in [0.2, 0.25) is 0 Å². The Morgan fingerprint density at radius 1 is 0.312 bits per heavy atom. The van der Waals surface area contributed by atoms with E-state index in [1.165, 1.54) is 167 Å². The smallest absolute Gasteiger partial charge is 0.0540 e. The Kier molecular flexibility index (Phi) is 29.0. The van der Waals surface area contributed by atoms with E-state index in [9.17, 15) is 5.11 Å². The van der Waals surface area contributed by atoms with Crippen LogP contribution >= 0.6 is 0 Å². The predicted molar refractivity (Wildman–Crippen MR) is 147 cm³/mol. The lowest BCUT2D eigenvalue weighted by atomic mass is 10.0. The van der Waals surface area contributed by atoms with Crippen molar-refractivity contribution < 1.29 is 5.11 Å². The van der Waals surface area contributed by atoms with Crippen molar-refractivity contribution in [2.24, 2.45) is 0 Å². The molecule has 0 saturated carbocycles. The lowest BCUT2D eigenvalue weighted by Gasteiger charge is -2.10. The molecular formula is C31H64O. The van der Waals surface area contributed by atoms with Gasteiger partial charge in [0.05, 0.1) is 6.10 Å². The maximum atomic E-state index is 10.2. The Morgan fingerprint density at radius 2 is 0.500 bits per heavy atom. The average molecular weight is 453 g/mol. The molecular weight excluding hydrogens is 388 g/mol. The van der Waals surface area contributed by atoms with Crippen LogP contribution in [0, 0.1) is 0 Å². The topological polar surface area (TPSA) is 20.2 Å². The molecule has 0 aliphatic rings. The Bertz CT molecular complexity index is 314. The molecule has 1 unspecified atom stereocenters. The molecule has 0 rings (SSSR count). The van der Waals surface area contributed by atoms with Crippen molar-refractivity contribution in [2.45, 2.75) is 200 Å². The monoisotopic (exact) mass is 452 g/mol. The van der Waals surface area contributed by atoms with Crippen LogP contribution < -0.4 is 0 Å². The highest BCUT2D eigenvalue weighted by atomic mass is 16.3. The highest BCUT2D eigenvalue weighted by molar-refractivity contribution is 4.58. The minimum Gasteiger partial charge on any atom is -0.393 e. The maximum absolute atomic E-state index is 10.2. The first kappa shape index (κ1) is 32.0. The summed E-state index contributed by atoms with van der Waals surface area (Å²) in [6.45, 7) is 4.58. The molecule has 0 aromatic rings. The fourth-order valence-electron chi connectivity index (χ4n) is 4.94. The third kappa shape index (κ3) is 28.0. The molecule has 0 radical (unpaired) electrons. The van der Waals surface area contributed by atoms with Gasteiger partial charge in [-0.1, -0.05) is 181 Å². The highest BCUT2D eigenvalue weighted by Gasteiger charge is 2.03. The molecule has 32 heavy (non-hydrogen) atoms. The minimum absolute atomic E-state index is 0.0313. The zero-order valence-corrected chi connectivity index (χ0v) is 22.8. The predicted octanol–water partition coefficient (Wildman–Crippen LogP) is 11.3. The van der Waals surface area contributed by atoms with Gasteiger partial charge in [-0.05, 0) is 12.8 Å². The van der Waals surface area contributed by atoms with Crippen LogP contribution in [0.3, 0.4) is 0 Å². The summed E-state index contributed by atoms with van der Waals surface area (Å²) in [6.07, 6.45) is 38.6. The Morgan fingerprint density at radius 3 is 0.719 bits per heavy atom. The third-order valence-corrected chi connectivity index (χ3v) is 7.28. The normalized spacial score (nSPS) is 12.5. The molecule has 0 aliphatic carbocycles. The summed E-state index contributed by atoms with van der Waals surface area (Å²) in [7, 11) is 0. The lowest BCUT2D eigenvalue weighted by molar-refractivity contribution is 0.147. The van der Waals surface area contributed by atoms with Crippen LogP contribution in [-0.4, -0.2) is 11.2 Å². The van der Waals surface area contributed by atoms with Crippen LogP contribution in [0.25, 0.3) is 0 Å². The first-order valence-corrected chi connectivity index (χ1v) is 15.5. The molecule has 0 spiro atoms. The molecule has 0 heterocycles. The third-order valence-electron chi connectivity index (χ3n) is 7.28. The molecule has 194 valence electrons. The maximum Gasteiger partial charge on any atom is 0.0540 e. The fraction of sp³-hybridized carbons (Fsp3) is 1.00. The number of aliphatic hydroxyl groups excluding tert-OH is 1. The Balaban J connectivity index is 3.10. The molecule has 1 atom stereocenters. The van der Waals surface area contributed by atoms with Gasteiger partial charge in [0.1, 0.15) is 0 Å². The van der Waals surface area contributed by atoms with E-state index < -0.39 is 0 Å². The molecule has 0 saturated heterocycles. The number of hydrogen-bond donors (Lipinski definition) is 1. The van der Waals surface area contributed by atoms with Crippen molar-refractivity contribution in [3.63, 3.8) is 0 Å². The number of rotatable bonds is 28. The summed E-state index contributed by atoms with van der Waals surface area (Å²) >= 11 is 0. The number of aliphatic hydroxyl groups is 1. The van der Waals surface area contributed by atoms with Crippen molar-refractivity contribution in [3.05, 3.63) is 0 Å². The van der Waals surface area contributed by atoms with Crippen LogP contribution in [0.15, 0.2) is 0 Å². The van der Waals surface area contributed by atoms with Crippen LogP contribution in [0.4, 0.5) is 0 Å². The summed E-state index contributed by atoms with van der Waals surface area (Å²) in [5.41, 5.74) is 0. The van der Waals surface area contributed by atoms with Crippen LogP contribution in [-0.2, 0) is 0 Å². The number of hydrogen-bond acceptors (Lipinski definition) is 1. The van der Waals surface area contributed by atoms with E-state index in [2.05, 4.69) is 13.8 Å². The van der Waals surface area contributed by atoms with E-state index >= 15 is 0 Å². The molecule has 0 aromatic carbocycles. The van der Waals surface area contributed by atoms with Crippen molar-refractivity contribution >= 4 is 0 Å². The minimum atomic E-state index is -0.0313. The van der Waals surface area contributed by atoms with Gasteiger partial charge in [-0.3, -0.25) is 0 Å². The fourth-order valence-corrected chi connectivity index (χ4v) is 4.94. The first-order chi connectivity index (χ1) is 15.8. The van der Waals surface area contributed by atoms with Gasteiger partial charge in [0.15, 0.2) is 0 Å². The zero-order chi connectivity index (χ0) is 23.4. The van der Waals surface area contributed by atoms with Gasteiger partial charge in [-0.15, -0.1) is 0 Å². The summed E-state index contributed by atoms with van der Waals surface area (Å²) in [5.74, 6) is 0. The van der Waals surface area contributed by atoms with E-state index in [1.807, 2.05) is 0 Å². The van der Waals surface area contributed by atoms with Crippen LogP contribution in [0.1, 0.15) is 194 Å². The van der Waals surface area contributed by atoms with E-state index in [-0.39, 0.29) is 6.10 Å². The SMILES string of the molecule is CCCCCCCCCCCCCCCCCCCCC(O)CCCCCCCCCC. The first-order valence-electron chi connectivity index (χ1n) is 15.5. The van der Waals surface area contributed by atoms with Gasteiger partial charge in [-0.25, -0.2) is 0 Å². The molecule has 1 heteroatoms. The standard InChI is InChI=1S/C31H64O/c1-3-5-7-9-11-13-14-15-16-17-18-19-20-21-22-24-26-28-30-31(32)29-27-25-23-12-10-8-6-4-2/h31-32H,3-30H2,1-2H3. The largest absolute Gasteiger partial charge is 0.393 e. The van der Waals surface area contributed by atoms with Crippen molar-refractivity contribution in [1.29, 1.82) is 0 Å². The van der Waals surface area contributed by atoms with Gasteiger partial charge >= 0.3 is 0 Å². The van der Waals surface area contributed by atoms with Crippen molar-refractivity contribution in [3.8, 4) is 0 Å². The second-order valence-corrected chi connectivity index (χ2v) is 10.7.